The van der Waals surface area contributed by atoms with Gasteiger partial charge in [0.15, 0.2) is 0 Å². The van der Waals surface area contributed by atoms with E-state index in [0.717, 1.165) is 30.2 Å². The smallest absolute Gasteiger partial charge is 0.273 e. The summed E-state index contributed by atoms with van der Waals surface area (Å²) in [5.41, 5.74) is 8.17. The molecule has 0 aromatic carbocycles. The van der Waals surface area contributed by atoms with Crippen LogP contribution in [0.25, 0.3) is 5.57 Å². The number of nitrogens with two attached hydrogens (primary N) is 1. The Hall–Kier alpha value is -0.870. The van der Waals surface area contributed by atoms with Crippen LogP contribution in [0.5, 0.6) is 5.19 Å². The summed E-state index contributed by atoms with van der Waals surface area (Å²) in [4.78, 5) is 4.36. The molecule has 2 rings (SSSR count). The van der Waals surface area contributed by atoms with Crippen molar-refractivity contribution in [2.75, 3.05) is 7.11 Å². The lowest BCUT2D eigenvalue weighted by Gasteiger charge is -2.15. The van der Waals surface area contributed by atoms with Gasteiger partial charge in [-0.15, -0.1) is 0 Å². The van der Waals surface area contributed by atoms with E-state index in [1.807, 2.05) is 5.38 Å². The zero-order chi connectivity index (χ0) is 9.97. The average molecular weight is 210 g/mol. The Morgan fingerprint density at radius 3 is 3.14 bits per heavy atom. The van der Waals surface area contributed by atoms with E-state index in [9.17, 15) is 0 Å². The highest BCUT2D eigenvalue weighted by Crippen LogP contribution is 2.29. The highest BCUT2D eigenvalue weighted by molar-refractivity contribution is 7.11. The fourth-order valence-corrected chi connectivity index (χ4v) is 2.33. The summed E-state index contributed by atoms with van der Waals surface area (Å²) in [6.45, 7) is 0. The normalized spacial score (nSPS) is 21.9. The van der Waals surface area contributed by atoms with E-state index < -0.39 is 0 Å². The molecule has 1 aliphatic carbocycles. The van der Waals surface area contributed by atoms with Crippen LogP contribution in [0.15, 0.2) is 11.5 Å². The number of allylic oxidation sites excluding steroid dienone is 1. The van der Waals surface area contributed by atoms with Gasteiger partial charge in [-0.3, -0.25) is 0 Å². The highest BCUT2D eigenvalue weighted by Gasteiger charge is 2.13. The minimum Gasteiger partial charge on any atom is -0.473 e. The zero-order valence-electron chi connectivity index (χ0n) is 8.19. The second-order valence-corrected chi connectivity index (χ2v) is 4.27. The zero-order valence-corrected chi connectivity index (χ0v) is 9.01. The van der Waals surface area contributed by atoms with Gasteiger partial charge in [0.05, 0.1) is 12.8 Å². The molecular weight excluding hydrogens is 196 g/mol. The molecule has 1 aliphatic rings. The molecule has 76 valence electrons. The summed E-state index contributed by atoms with van der Waals surface area (Å²) >= 11 is 1.53. The summed E-state index contributed by atoms with van der Waals surface area (Å²) in [6, 6.07) is 0.200. The van der Waals surface area contributed by atoms with Crippen molar-refractivity contribution in [1.29, 1.82) is 0 Å². The van der Waals surface area contributed by atoms with Crippen molar-refractivity contribution >= 4 is 16.9 Å². The number of rotatable bonds is 2. The summed E-state index contributed by atoms with van der Waals surface area (Å²) in [7, 11) is 1.64. The number of ether oxygens (including phenoxy) is 1. The fourth-order valence-electron chi connectivity index (χ4n) is 1.67. The Morgan fingerprint density at radius 1 is 1.64 bits per heavy atom. The molecule has 14 heavy (non-hydrogen) atoms. The van der Waals surface area contributed by atoms with Crippen molar-refractivity contribution in [3.8, 4) is 5.19 Å². The maximum absolute atomic E-state index is 5.87. The second kappa shape index (κ2) is 4.11. The van der Waals surface area contributed by atoms with Gasteiger partial charge in [0, 0.05) is 11.4 Å². The molecule has 1 atom stereocenters. The number of nitrogens with zero attached hydrogens (tertiary/aromatic N) is 1. The first-order chi connectivity index (χ1) is 6.79. The van der Waals surface area contributed by atoms with Crippen molar-refractivity contribution < 1.29 is 4.74 Å². The minimum atomic E-state index is 0.200. The largest absolute Gasteiger partial charge is 0.473 e. The van der Waals surface area contributed by atoms with Crippen LogP contribution < -0.4 is 10.5 Å². The van der Waals surface area contributed by atoms with Gasteiger partial charge in [-0.05, 0) is 24.8 Å². The number of thiazole rings is 1. The third-order valence-corrected chi connectivity index (χ3v) is 3.19. The lowest BCUT2D eigenvalue weighted by Crippen LogP contribution is -2.20. The van der Waals surface area contributed by atoms with Gasteiger partial charge in [-0.1, -0.05) is 17.4 Å². The van der Waals surface area contributed by atoms with Gasteiger partial charge in [0.2, 0.25) is 0 Å². The van der Waals surface area contributed by atoms with Gasteiger partial charge in [-0.25, -0.2) is 4.98 Å². The first-order valence-electron chi connectivity index (χ1n) is 4.76. The summed E-state index contributed by atoms with van der Waals surface area (Å²) in [5.74, 6) is 0. The summed E-state index contributed by atoms with van der Waals surface area (Å²) in [6.07, 6.45) is 5.45. The quantitative estimate of drug-likeness (QED) is 0.812. The predicted molar refractivity (Wildman–Crippen MR) is 58.5 cm³/mol. The Kier molecular flexibility index (Phi) is 2.84. The van der Waals surface area contributed by atoms with Crippen LogP contribution >= 0.6 is 11.3 Å². The van der Waals surface area contributed by atoms with E-state index in [1.54, 1.807) is 7.11 Å². The molecular formula is C10H14N2OS. The van der Waals surface area contributed by atoms with E-state index >= 15 is 0 Å². The molecule has 1 unspecified atom stereocenters. The molecule has 0 saturated carbocycles. The van der Waals surface area contributed by atoms with E-state index in [4.69, 9.17) is 10.5 Å². The molecule has 0 bridgehead atoms. The molecule has 3 nitrogen and oxygen atoms in total. The van der Waals surface area contributed by atoms with Crippen LogP contribution in [-0.4, -0.2) is 18.1 Å². The molecule has 0 fully saturated rings. The monoisotopic (exact) mass is 210 g/mol. The molecule has 0 aliphatic heterocycles. The molecule has 0 amide bonds. The predicted octanol–water partition coefficient (Wildman–Crippen LogP) is 2.05. The van der Waals surface area contributed by atoms with Crippen LogP contribution in [0.3, 0.4) is 0 Å². The molecule has 2 N–H and O–H groups in total. The number of methoxy groups -OCH3 is 1. The van der Waals surface area contributed by atoms with Crippen LogP contribution in [0.4, 0.5) is 0 Å². The van der Waals surface area contributed by atoms with Gasteiger partial charge in [0.1, 0.15) is 0 Å². The van der Waals surface area contributed by atoms with Crippen LogP contribution in [0, 0.1) is 0 Å². The minimum absolute atomic E-state index is 0.200. The fraction of sp³-hybridized carbons (Fsp3) is 0.500. The maximum atomic E-state index is 5.87. The Morgan fingerprint density at radius 2 is 2.50 bits per heavy atom. The van der Waals surface area contributed by atoms with Crippen molar-refractivity contribution in [3.63, 3.8) is 0 Å². The SMILES string of the molecule is COc1nc(C2=CC(N)CCC2)cs1. The number of hydrogen-bond donors (Lipinski definition) is 1. The first kappa shape index (κ1) is 9.68. The summed E-state index contributed by atoms with van der Waals surface area (Å²) < 4.78 is 5.06. The molecule has 4 heteroatoms. The van der Waals surface area contributed by atoms with Crippen molar-refractivity contribution in [2.24, 2.45) is 5.73 Å². The van der Waals surface area contributed by atoms with E-state index in [0.29, 0.717) is 0 Å². The standard InChI is InChI=1S/C10H14N2OS/c1-13-10-12-9(6-14-10)7-3-2-4-8(11)5-7/h5-6,8H,2-4,11H2,1H3. The third-order valence-electron chi connectivity index (χ3n) is 2.39. The highest BCUT2D eigenvalue weighted by atomic mass is 32.1. The Labute approximate surface area is 87.6 Å². The molecule has 1 aromatic heterocycles. The maximum Gasteiger partial charge on any atom is 0.273 e. The molecule has 1 heterocycles. The van der Waals surface area contributed by atoms with Crippen LogP contribution in [-0.2, 0) is 0 Å². The summed E-state index contributed by atoms with van der Waals surface area (Å²) in [5, 5.41) is 2.75. The third kappa shape index (κ3) is 1.96. The molecule has 1 aromatic rings. The Balaban J connectivity index is 2.21. The first-order valence-corrected chi connectivity index (χ1v) is 5.63. The van der Waals surface area contributed by atoms with Gasteiger partial charge >= 0.3 is 0 Å². The van der Waals surface area contributed by atoms with E-state index in [-0.39, 0.29) is 6.04 Å². The Bertz CT molecular complexity index is 346. The number of hydrogen-bond acceptors (Lipinski definition) is 4. The van der Waals surface area contributed by atoms with Gasteiger partial charge in [-0.2, -0.15) is 0 Å². The topological polar surface area (TPSA) is 48.1 Å². The lowest BCUT2D eigenvalue weighted by atomic mass is 9.95. The van der Waals surface area contributed by atoms with E-state index in [1.165, 1.54) is 16.9 Å². The van der Waals surface area contributed by atoms with Gasteiger partial charge in [0.25, 0.3) is 5.19 Å². The van der Waals surface area contributed by atoms with Crippen LogP contribution in [0.2, 0.25) is 0 Å². The van der Waals surface area contributed by atoms with Crippen molar-refractivity contribution in [3.05, 3.63) is 17.2 Å². The van der Waals surface area contributed by atoms with E-state index in [2.05, 4.69) is 11.1 Å². The van der Waals surface area contributed by atoms with Crippen molar-refractivity contribution in [1.82, 2.24) is 4.98 Å². The second-order valence-electron chi connectivity index (χ2n) is 3.45. The molecule has 0 radical (unpaired) electrons. The average Bonchev–Trinajstić information content (AvgIpc) is 2.66. The number of aromatic nitrogens is 1. The van der Waals surface area contributed by atoms with Crippen LogP contribution in [0.1, 0.15) is 25.0 Å². The molecule has 0 saturated heterocycles. The lowest BCUT2D eigenvalue weighted by molar-refractivity contribution is 0.411. The molecule has 0 spiro atoms. The van der Waals surface area contributed by atoms with Gasteiger partial charge < -0.3 is 10.5 Å². The van der Waals surface area contributed by atoms with Crippen molar-refractivity contribution in [2.45, 2.75) is 25.3 Å².